The van der Waals surface area contributed by atoms with E-state index in [1.54, 1.807) is 14.2 Å². The average Bonchev–Trinajstić information content (AvgIpc) is 2.54. The lowest BCUT2D eigenvalue weighted by atomic mass is 9.82. The van der Waals surface area contributed by atoms with Gasteiger partial charge in [-0.3, -0.25) is 0 Å². The van der Waals surface area contributed by atoms with Crippen molar-refractivity contribution in [3.05, 3.63) is 22.7 Å². The highest BCUT2D eigenvalue weighted by atomic mass is 35.5. The van der Waals surface area contributed by atoms with Gasteiger partial charge in [0.2, 0.25) is 0 Å². The summed E-state index contributed by atoms with van der Waals surface area (Å²) in [7, 11) is 3.17. The van der Waals surface area contributed by atoms with Crippen LogP contribution in [0.25, 0.3) is 0 Å². The number of methoxy groups -OCH3 is 2. The van der Waals surface area contributed by atoms with Gasteiger partial charge in [0, 0.05) is 12.1 Å². The molecule has 118 valence electrons. The van der Waals surface area contributed by atoms with E-state index in [1.165, 1.54) is 6.42 Å². The third-order valence-corrected chi connectivity index (χ3v) is 4.75. The second kappa shape index (κ2) is 7.34. The highest BCUT2D eigenvalue weighted by Gasteiger charge is 2.30. The standard InChI is InChI=1S/C16H24ClNO3/c1-20-13-7-6-12(14(17)15(13)21-2)10-18-16(11-19)8-4-3-5-9-16/h6-7,18-19H,3-5,8-11H2,1-2H3. The fourth-order valence-corrected chi connectivity index (χ4v) is 3.27. The first-order valence-corrected chi connectivity index (χ1v) is 7.79. The lowest BCUT2D eigenvalue weighted by molar-refractivity contribution is 0.119. The van der Waals surface area contributed by atoms with E-state index in [9.17, 15) is 5.11 Å². The summed E-state index contributed by atoms with van der Waals surface area (Å²) >= 11 is 6.39. The molecule has 0 aliphatic heterocycles. The molecule has 4 nitrogen and oxygen atoms in total. The summed E-state index contributed by atoms with van der Waals surface area (Å²) in [4.78, 5) is 0. The van der Waals surface area contributed by atoms with Gasteiger partial charge in [-0.25, -0.2) is 0 Å². The van der Waals surface area contributed by atoms with Crippen molar-refractivity contribution in [1.82, 2.24) is 5.32 Å². The summed E-state index contributed by atoms with van der Waals surface area (Å²) < 4.78 is 10.6. The minimum atomic E-state index is -0.172. The van der Waals surface area contributed by atoms with Crippen LogP contribution < -0.4 is 14.8 Å². The predicted molar refractivity (Wildman–Crippen MR) is 84.3 cm³/mol. The number of nitrogens with one attached hydrogen (secondary N) is 1. The van der Waals surface area contributed by atoms with Crippen LogP contribution in [0.4, 0.5) is 0 Å². The summed E-state index contributed by atoms with van der Waals surface area (Å²) in [5, 5.41) is 13.8. The topological polar surface area (TPSA) is 50.7 Å². The monoisotopic (exact) mass is 313 g/mol. The second-order valence-corrected chi connectivity index (χ2v) is 6.00. The van der Waals surface area contributed by atoms with Gasteiger partial charge in [-0.15, -0.1) is 0 Å². The van der Waals surface area contributed by atoms with Crippen molar-refractivity contribution in [3.63, 3.8) is 0 Å². The van der Waals surface area contributed by atoms with Crippen molar-refractivity contribution in [3.8, 4) is 11.5 Å². The van der Waals surface area contributed by atoms with Crippen LogP contribution >= 0.6 is 11.6 Å². The van der Waals surface area contributed by atoms with Gasteiger partial charge in [0.05, 0.1) is 25.8 Å². The van der Waals surface area contributed by atoms with Crippen LogP contribution in [0.1, 0.15) is 37.7 Å². The molecule has 2 rings (SSSR count). The van der Waals surface area contributed by atoms with E-state index in [0.29, 0.717) is 23.1 Å². The maximum Gasteiger partial charge on any atom is 0.179 e. The highest BCUT2D eigenvalue weighted by Crippen LogP contribution is 2.37. The van der Waals surface area contributed by atoms with Crippen molar-refractivity contribution in [2.45, 2.75) is 44.2 Å². The summed E-state index contributed by atoms with van der Waals surface area (Å²) in [6.45, 7) is 0.775. The summed E-state index contributed by atoms with van der Waals surface area (Å²) in [5.41, 5.74) is 0.780. The molecule has 0 unspecified atom stereocenters. The van der Waals surface area contributed by atoms with Crippen LogP contribution in [-0.2, 0) is 6.54 Å². The number of halogens is 1. The van der Waals surface area contributed by atoms with Crippen LogP contribution in [0.2, 0.25) is 5.02 Å². The molecule has 0 saturated heterocycles. The van der Waals surface area contributed by atoms with E-state index < -0.39 is 0 Å². The fourth-order valence-electron chi connectivity index (χ4n) is 2.97. The van der Waals surface area contributed by atoms with Crippen molar-refractivity contribution in [2.75, 3.05) is 20.8 Å². The van der Waals surface area contributed by atoms with Gasteiger partial charge in [-0.1, -0.05) is 36.9 Å². The highest BCUT2D eigenvalue weighted by molar-refractivity contribution is 6.33. The number of hydrogen-bond acceptors (Lipinski definition) is 4. The minimum absolute atomic E-state index is 0.165. The molecule has 2 N–H and O–H groups in total. The van der Waals surface area contributed by atoms with Crippen molar-refractivity contribution >= 4 is 11.6 Å². The van der Waals surface area contributed by atoms with Gasteiger partial charge < -0.3 is 19.9 Å². The molecule has 1 saturated carbocycles. The zero-order chi connectivity index (χ0) is 15.3. The Hall–Kier alpha value is -0.970. The normalized spacial score (nSPS) is 17.5. The SMILES string of the molecule is COc1ccc(CNC2(CO)CCCCC2)c(Cl)c1OC. The zero-order valence-corrected chi connectivity index (χ0v) is 13.5. The van der Waals surface area contributed by atoms with Gasteiger partial charge in [0.25, 0.3) is 0 Å². The smallest absolute Gasteiger partial charge is 0.179 e. The van der Waals surface area contributed by atoms with E-state index in [1.807, 2.05) is 12.1 Å². The number of ether oxygens (including phenoxy) is 2. The molecule has 1 aromatic rings. The Kier molecular flexibility index (Phi) is 5.73. The number of aliphatic hydroxyl groups is 1. The Balaban J connectivity index is 2.12. The predicted octanol–water partition coefficient (Wildman–Crippen LogP) is 3.14. The van der Waals surface area contributed by atoms with E-state index >= 15 is 0 Å². The van der Waals surface area contributed by atoms with Crippen LogP contribution in [0.3, 0.4) is 0 Å². The van der Waals surface area contributed by atoms with Crippen LogP contribution in [0.5, 0.6) is 11.5 Å². The Bertz CT molecular complexity index is 473. The number of rotatable bonds is 6. The number of aliphatic hydroxyl groups excluding tert-OH is 1. The van der Waals surface area contributed by atoms with E-state index in [2.05, 4.69) is 5.32 Å². The van der Waals surface area contributed by atoms with Gasteiger partial charge in [0.15, 0.2) is 11.5 Å². The summed E-state index contributed by atoms with van der Waals surface area (Å²) in [6, 6.07) is 3.79. The molecule has 0 aromatic heterocycles. The Labute approximate surface area is 131 Å². The molecule has 0 bridgehead atoms. The number of hydrogen-bond donors (Lipinski definition) is 2. The van der Waals surface area contributed by atoms with E-state index in [4.69, 9.17) is 21.1 Å². The van der Waals surface area contributed by atoms with Crippen LogP contribution in [-0.4, -0.2) is 31.5 Å². The van der Waals surface area contributed by atoms with E-state index in [0.717, 1.165) is 31.2 Å². The molecule has 0 radical (unpaired) electrons. The molecular formula is C16H24ClNO3. The van der Waals surface area contributed by atoms with E-state index in [-0.39, 0.29) is 12.1 Å². The quantitative estimate of drug-likeness (QED) is 0.847. The first-order valence-electron chi connectivity index (χ1n) is 7.41. The van der Waals surface area contributed by atoms with Gasteiger partial charge in [-0.2, -0.15) is 0 Å². The van der Waals surface area contributed by atoms with Crippen LogP contribution in [0.15, 0.2) is 12.1 Å². The molecule has 1 fully saturated rings. The van der Waals surface area contributed by atoms with Gasteiger partial charge in [0.1, 0.15) is 0 Å². The maximum absolute atomic E-state index is 9.73. The second-order valence-electron chi connectivity index (χ2n) is 5.63. The molecule has 0 spiro atoms. The van der Waals surface area contributed by atoms with Crippen molar-refractivity contribution < 1.29 is 14.6 Å². The minimum Gasteiger partial charge on any atom is -0.493 e. The van der Waals surface area contributed by atoms with Crippen LogP contribution in [0, 0.1) is 0 Å². The lowest BCUT2D eigenvalue weighted by Gasteiger charge is -2.37. The average molecular weight is 314 g/mol. The molecule has 1 aliphatic rings. The third kappa shape index (κ3) is 3.62. The fraction of sp³-hybridized carbons (Fsp3) is 0.625. The molecule has 0 amide bonds. The van der Waals surface area contributed by atoms with Gasteiger partial charge >= 0.3 is 0 Å². The molecular weight excluding hydrogens is 290 g/mol. The Morgan fingerprint density at radius 2 is 1.90 bits per heavy atom. The lowest BCUT2D eigenvalue weighted by Crippen LogP contribution is -2.49. The first kappa shape index (κ1) is 16.4. The molecule has 21 heavy (non-hydrogen) atoms. The third-order valence-electron chi connectivity index (χ3n) is 4.33. The summed E-state index contributed by atoms with van der Waals surface area (Å²) in [6.07, 6.45) is 5.59. The molecule has 0 heterocycles. The van der Waals surface area contributed by atoms with Crippen molar-refractivity contribution in [1.29, 1.82) is 0 Å². The molecule has 1 aromatic carbocycles. The summed E-state index contributed by atoms with van der Waals surface area (Å²) in [5.74, 6) is 1.18. The molecule has 0 atom stereocenters. The van der Waals surface area contributed by atoms with Crippen molar-refractivity contribution in [2.24, 2.45) is 0 Å². The number of benzene rings is 1. The first-order chi connectivity index (χ1) is 10.2. The Morgan fingerprint density at radius 1 is 1.19 bits per heavy atom. The Morgan fingerprint density at radius 3 is 2.48 bits per heavy atom. The molecule has 5 heteroatoms. The largest absolute Gasteiger partial charge is 0.493 e. The molecule has 1 aliphatic carbocycles. The zero-order valence-electron chi connectivity index (χ0n) is 12.7. The maximum atomic E-state index is 9.73. The van der Waals surface area contributed by atoms with Gasteiger partial charge in [-0.05, 0) is 24.5 Å².